The minimum atomic E-state index is -0.613. The summed E-state index contributed by atoms with van der Waals surface area (Å²) in [6.45, 7) is 2.34. The fourth-order valence-electron chi connectivity index (χ4n) is 7.36. The standard InChI is InChI=1S/C27H28F2N4O/c1-27-12-11-18-17-8-6-16(28)13-15(17)5-7-19(18)25(27)20(21-14-30-33-26(21)27)9-10-24(34)32-23-4-2-3-22(29)31-23/h2-4,6,8,13-14,18-20,25H,5,7,9-12H2,1H3,(H,30,33)(H,31,32,34)/t18?,19?,20-,25?,27+/m1/s1. The van der Waals surface area contributed by atoms with Crippen LogP contribution in [0, 0.1) is 23.6 Å². The number of aromatic amines is 1. The zero-order valence-electron chi connectivity index (χ0n) is 19.2. The molecule has 1 saturated carbocycles. The molecular formula is C27H28F2N4O. The van der Waals surface area contributed by atoms with Crippen molar-refractivity contribution < 1.29 is 13.6 Å². The van der Waals surface area contributed by atoms with E-state index in [4.69, 9.17) is 0 Å². The normalized spacial score (nSPS) is 29.0. The smallest absolute Gasteiger partial charge is 0.225 e. The molecule has 6 rings (SSSR count). The van der Waals surface area contributed by atoms with Crippen LogP contribution in [0.3, 0.4) is 0 Å². The quantitative estimate of drug-likeness (QED) is 0.495. The number of rotatable bonds is 4. The number of H-pyrrole nitrogens is 1. The molecule has 3 unspecified atom stereocenters. The SMILES string of the molecule is C[C@]12CCC3c4ccc(F)cc4CCC3C1[C@H](CCC(=O)Nc1cccc(F)n1)c1c[nH]nc12. The van der Waals surface area contributed by atoms with Gasteiger partial charge in [-0.3, -0.25) is 9.89 Å². The molecule has 2 aromatic heterocycles. The maximum atomic E-state index is 13.9. The Kier molecular flexibility index (Phi) is 5.04. The van der Waals surface area contributed by atoms with Crippen LogP contribution in [0.1, 0.15) is 73.2 Å². The third kappa shape index (κ3) is 3.36. The van der Waals surface area contributed by atoms with E-state index in [9.17, 15) is 13.6 Å². The van der Waals surface area contributed by atoms with Gasteiger partial charge in [0.15, 0.2) is 0 Å². The van der Waals surface area contributed by atoms with Crippen LogP contribution in [0.2, 0.25) is 0 Å². The van der Waals surface area contributed by atoms with E-state index < -0.39 is 5.95 Å². The minimum absolute atomic E-state index is 0.0285. The van der Waals surface area contributed by atoms with E-state index in [1.54, 1.807) is 18.2 Å². The van der Waals surface area contributed by atoms with Crippen LogP contribution >= 0.6 is 0 Å². The van der Waals surface area contributed by atoms with Gasteiger partial charge in [0.2, 0.25) is 11.9 Å². The number of nitrogens with one attached hydrogen (secondary N) is 2. The lowest BCUT2D eigenvalue weighted by molar-refractivity contribution is -0.116. The van der Waals surface area contributed by atoms with Crippen molar-refractivity contribution in [2.24, 2.45) is 11.8 Å². The predicted molar refractivity (Wildman–Crippen MR) is 124 cm³/mol. The van der Waals surface area contributed by atoms with Crippen LogP contribution in [-0.2, 0) is 16.6 Å². The molecule has 2 heterocycles. The summed E-state index contributed by atoms with van der Waals surface area (Å²) in [7, 11) is 0. The van der Waals surface area contributed by atoms with E-state index in [0.717, 1.165) is 36.9 Å². The number of anilines is 1. The van der Waals surface area contributed by atoms with Crippen LogP contribution < -0.4 is 5.32 Å². The van der Waals surface area contributed by atoms with Gasteiger partial charge in [-0.05, 0) is 96.7 Å². The Hall–Kier alpha value is -3.09. The highest BCUT2D eigenvalue weighted by Crippen LogP contribution is 2.64. The number of aromatic nitrogens is 3. The Labute approximate surface area is 197 Å². The molecule has 3 aliphatic carbocycles. The number of nitrogens with zero attached hydrogens (tertiary/aromatic N) is 2. The fourth-order valence-corrected chi connectivity index (χ4v) is 7.36. The lowest BCUT2D eigenvalue weighted by Crippen LogP contribution is -2.44. The summed E-state index contributed by atoms with van der Waals surface area (Å²) >= 11 is 0. The van der Waals surface area contributed by atoms with Gasteiger partial charge in [-0.25, -0.2) is 9.37 Å². The van der Waals surface area contributed by atoms with Gasteiger partial charge >= 0.3 is 0 Å². The lowest BCUT2D eigenvalue weighted by Gasteiger charge is -2.50. The molecule has 0 bridgehead atoms. The molecule has 176 valence electrons. The number of pyridine rings is 1. The van der Waals surface area contributed by atoms with Gasteiger partial charge in [0, 0.05) is 18.0 Å². The third-order valence-electron chi connectivity index (χ3n) is 8.65. The molecule has 0 radical (unpaired) electrons. The number of amides is 1. The highest BCUT2D eigenvalue weighted by molar-refractivity contribution is 5.89. The predicted octanol–water partition coefficient (Wildman–Crippen LogP) is 5.61. The average molecular weight is 463 g/mol. The summed E-state index contributed by atoms with van der Waals surface area (Å²) < 4.78 is 27.3. The summed E-state index contributed by atoms with van der Waals surface area (Å²) in [5.74, 6) is 0.810. The van der Waals surface area contributed by atoms with E-state index in [-0.39, 0.29) is 28.9 Å². The van der Waals surface area contributed by atoms with E-state index in [2.05, 4.69) is 27.4 Å². The monoisotopic (exact) mass is 462 g/mol. The number of hydrogen-bond donors (Lipinski definition) is 2. The van der Waals surface area contributed by atoms with Crippen molar-refractivity contribution in [3.05, 3.63) is 76.7 Å². The first-order valence-corrected chi connectivity index (χ1v) is 12.2. The van der Waals surface area contributed by atoms with Gasteiger partial charge in [0.25, 0.3) is 0 Å². The molecule has 3 aliphatic rings. The number of aryl methyl sites for hydroxylation is 1. The summed E-state index contributed by atoms with van der Waals surface area (Å²) in [4.78, 5) is 16.5. The highest BCUT2D eigenvalue weighted by Gasteiger charge is 2.58. The zero-order valence-corrected chi connectivity index (χ0v) is 19.2. The molecular weight excluding hydrogens is 434 g/mol. The lowest BCUT2D eigenvalue weighted by atomic mass is 9.53. The second-order valence-corrected chi connectivity index (χ2v) is 10.4. The van der Waals surface area contributed by atoms with E-state index in [1.807, 2.05) is 12.3 Å². The summed E-state index contributed by atoms with van der Waals surface area (Å²) in [5, 5.41) is 10.5. The molecule has 0 spiro atoms. The molecule has 5 atom stereocenters. The van der Waals surface area contributed by atoms with Crippen LogP contribution in [0.5, 0.6) is 0 Å². The number of fused-ring (bicyclic) bond motifs is 7. The first kappa shape index (κ1) is 21.4. The molecule has 2 N–H and O–H groups in total. The number of halogens is 2. The number of carbonyl (C=O) groups excluding carboxylic acids is 1. The second kappa shape index (κ2) is 8.00. The van der Waals surface area contributed by atoms with Crippen molar-refractivity contribution in [3.8, 4) is 0 Å². The summed E-state index contributed by atoms with van der Waals surface area (Å²) in [6, 6.07) is 9.68. The maximum Gasteiger partial charge on any atom is 0.225 e. The van der Waals surface area contributed by atoms with Crippen LogP contribution in [0.4, 0.5) is 14.6 Å². The Morgan fingerprint density at radius 3 is 2.94 bits per heavy atom. The topological polar surface area (TPSA) is 70.7 Å². The number of hydrogen-bond acceptors (Lipinski definition) is 3. The molecule has 1 fully saturated rings. The van der Waals surface area contributed by atoms with Gasteiger partial charge in [-0.1, -0.05) is 19.1 Å². The largest absolute Gasteiger partial charge is 0.311 e. The summed E-state index contributed by atoms with van der Waals surface area (Å²) in [6.07, 6.45) is 7.07. The molecule has 34 heavy (non-hydrogen) atoms. The first-order chi connectivity index (χ1) is 16.4. The van der Waals surface area contributed by atoms with Gasteiger partial charge in [-0.15, -0.1) is 0 Å². The Balaban J connectivity index is 1.26. The molecule has 1 aromatic carbocycles. The number of benzene rings is 1. The third-order valence-corrected chi connectivity index (χ3v) is 8.65. The van der Waals surface area contributed by atoms with E-state index in [1.165, 1.54) is 23.3 Å². The Morgan fingerprint density at radius 1 is 1.21 bits per heavy atom. The first-order valence-electron chi connectivity index (χ1n) is 12.2. The molecule has 3 aromatic rings. The van der Waals surface area contributed by atoms with Gasteiger partial charge < -0.3 is 5.32 Å². The fraction of sp³-hybridized carbons (Fsp3) is 0.444. The maximum absolute atomic E-state index is 13.9. The van der Waals surface area contributed by atoms with Gasteiger partial charge in [0.05, 0.1) is 5.69 Å². The van der Waals surface area contributed by atoms with E-state index in [0.29, 0.717) is 30.6 Å². The highest BCUT2D eigenvalue weighted by atomic mass is 19.1. The van der Waals surface area contributed by atoms with Crippen molar-refractivity contribution in [2.75, 3.05) is 5.32 Å². The van der Waals surface area contributed by atoms with Crippen molar-refractivity contribution in [2.45, 2.75) is 62.7 Å². The molecule has 0 saturated heterocycles. The average Bonchev–Trinajstić information content (AvgIpc) is 3.38. The summed E-state index contributed by atoms with van der Waals surface area (Å²) in [5.41, 5.74) is 4.81. The van der Waals surface area contributed by atoms with Crippen molar-refractivity contribution in [3.63, 3.8) is 0 Å². The second-order valence-electron chi connectivity index (χ2n) is 10.4. The molecule has 0 aliphatic heterocycles. The molecule has 1 amide bonds. The molecule has 5 nitrogen and oxygen atoms in total. The van der Waals surface area contributed by atoms with Crippen LogP contribution in [-0.4, -0.2) is 21.1 Å². The van der Waals surface area contributed by atoms with Crippen LogP contribution in [0.25, 0.3) is 0 Å². The van der Waals surface area contributed by atoms with Gasteiger partial charge in [-0.2, -0.15) is 9.49 Å². The van der Waals surface area contributed by atoms with Gasteiger partial charge in [0.1, 0.15) is 11.6 Å². The minimum Gasteiger partial charge on any atom is -0.311 e. The van der Waals surface area contributed by atoms with Crippen molar-refractivity contribution in [1.82, 2.24) is 15.2 Å². The van der Waals surface area contributed by atoms with Crippen LogP contribution in [0.15, 0.2) is 42.6 Å². The van der Waals surface area contributed by atoms with Crippen molar-refractivity contribution >= 4 is 11.7 Å². The Bertz CT molecular complexity index is 1260. The van der Waals surface area contributed by atoms with E-state index >= 15 is 0 Å². The molecule has 7 heteroatoms. The number of carbonyl (C=O) groups is 1. The zero-order chi connectivity index (χ0) is 23.4. The van der Waals surface area contributed by atoms with Crippen molar-refractivity contribution in [1.29, 1.82) is 0 Å². The Morgan fingerprint density at radius 2 is 2.09 bits per heavy atom.